The molecule has 0 saturated carbocycles. The Bertz CT molecular complexity index is 1360. The largest absolute Gasteiger partial charge is 0.508 e. The number of carbonyl (C=O) groups excluding carboxylic acids is 2. The van der Waals surface area contributed by atoms with Crippen LogP contribution in [0.25, 0.3) is 0 Å². The Hall–Kier alpha value is -5.06. The first-order valence-corrected chi connectivity index (χ1v) is 13.2. The Morgan fingerprint density at radius 1 is 0.524 bits per heavy atom. The van der Waals surface area contributed by atoms with Gasteiger partial charge in [0, 0.05) is 23.3 Å². The highest BCUT2D eigenvalue weighted by Gasteiger charge is 2.35. The van der Waals surface area contributed by atoms with Crippen LogP contribution in [0.3, 0.4) is 0 Å². The third kappa shape index (κ3) is 8.00. The lowest BCUT2D eigenvalue weighted by atomic mass is 9.90. The van der Waals surface area contributed by atoms with Crippen molar-refractivity contribution in [2.24, 2.45) is 0 Å². The van der Waals surface area contributed by atoms with Gasteiger partial charge in [0.2, 0.25) is 0 Å². The highest BCUT2D eigenvalue weighted by Crippen LogP contribution is 2.23. The van der Waals surface area contributed by atoms with E-state index in [0.29, 0.717) is 0 Å². The molecule has 4 aromatic carbocycles. The number of phenolic OH excluding ortho intramolecular Hbond substituents is 4. The Balaban J connectivity index is 1.63. The summed E-state index contributed by atoms with van der Waals surface area (Å²) in [5, 5.41) is 67.6. The molecule has 42 heavy (non-hydrogen) atoms. The monoisotopic (exact) mass is 572 g/mol. The number of amides is 2. The minimum Gasteiger partial charge on any atom is -0.508 e. The number of rotatable bonds is 11. The van der Waals surface area contributed by atoms with E-state index in [2.05, 4.69) is 10.6 Å². The quantitative estimate of drug-likeness (QED) is 0.135. The van der Waals surface area contributed by atoms with Crippen molar-refractivity contribution in [1.29, 1.82) is 0 Å². The normalized spacial score (nSPS) is 13.9. The lowest BCUT2D eigenvalue weighted by Crippen LogP contribution is -2.57. The SMILES string of the molecule is O=C(NC(Cc1ccccc1)C(O)C(O)C(Cc1ccccc1)NC(=O)c1cc(O)cc(O)c1)c1cc(O)cc(O)c1. The summed E-state index contributed by atoms with van der Waals surface area (Å²) in [4.78, 5) is 26.2. The van der Waals surface area contributed by atoms with Crippen LogP contribution < -0.4 is 10.6 Å². The molecule has 0 spiro atoms. The fraction of sp³-hybridized carbons (Fsp3) is 0.188. The molecule has 218 valence electrons. The molecule has 0 fully saturated rings. The Morgan fingerprint density at radius 2 is 0.833 bits per heavy atom. The number of phenols is 4. The lowest BCUT2D eigenvalue weighted by molar-refractivity contribution is -0.0219. The molecule has 0 aliphatic rings. The van der Waals surface area contributed by atoms with Crippen LogP contribution in [0, 0.1) is 0 Å². The zero-order valence-electron chi connectivity index (χ0n) is 22.5. The topological polar surface area (TPSA) is 180 Å². The number of hydrogen-bond acceptors (Lipinski definition) is 8. The summed E-state index contributed by atoms with van der Waals surface area (Å²) in [6.07, 6.45) is -3.01. The highest BCUT2D eigenvalue weighted by molar-refractivity contribution is 5.96. The first-order valence-electron chi connectivity index (χ1n) is 13.2. The van der Waals surface area contributed by atoms with Crippen LogP contribution in [0.15, 0.2) is 97.1 Å². The van der Waals surface area contributed by atoms with E-state index < -0.39 is 36.1 Å². The van der Waals surface area contributed by atoms with Crippen LogP contribution in [0.5, 0.6) is 23.0 Å². The number of carbonyl (C=O) groups is 2. The first kappa shape index (κ1) is 29.9. The third-order valence-corrected chi connectivity index (χ3v) is 6.73. The average molecular weight is 573 g/mol. The molecule has 8 N–H and O–H groups in total. The molecule has 0 aliphatic heterocycles. The van der Waals surface area contributed by atoms with Gasteiger partial charge in [-0.05, 0) is 48.2 Å². The Morgan fingerprint density at radius 3 is 1.14 bits per heavy atom. The maximum atomic E-state index is 13.1. The van der Waals surface area contributed by atoms with Crippen molar-refractivity contribution in [3.63, 3.8) is 0 Å². The fourth-order valence-corrected chi connectivity index (χ4v) is 4.68. The summed E-state index contributed by atoms with van der Waals surface area (Å²) in [6.45, 7) is 0. The minimum absolute atomic E-state index is 0.0647. The number of aromatic hydroxyl groups is 4. The molecule has 0 aromatic heterocycles. The molecule has 4 atom stereocenters. The standard InChI is InChI=1S/C32H32N2O8/c35-23-13-21(14-24(36)17-23)31(41)33-27(11-19-7-3-1-4-8-19)29(39)30(40)28(12-20-9-5-2-6-10-20)34-32(42)22-15-25(37)18-26(38)16-22/h1-10,13-18,27-30,35-40H,11-12H2,(H,33,41)(H,34,42). The molecule has 4 unspecified atom stereocenters. The van der Waals surface area contributed by atoms with Gasteiger partial charge in [0.25, 0.3) is 11.8 Å². The van der Waals surface area contributed by atoms with E-state index in [1.807, 2.05) is 12.1 Å². The molecule has 4 aromatic rings. The highest BCUT2D eigenvalue weighted by atomic mass is 16.3. The molecular formula is C32H32N2O8. The van der Waals surface area contributed by atoms with E-state index >= 15 is 0 Å². The van der Waals surface area contributed by atoms with E-state index in [0.717, 1.165) is 47.5 Å². The van der Waals surface area contributed by atoms with E-state index in [1.165, 1.54) is 0 Å². The van der Waals surface area contributed by atoms with Crippen molar-refractivity contribution in [2.75, 3.05) is 0 Å². The van der Waals surface area contributed by atoms with Crippen molar-refractivity contribution in [1.82, 2.24) is 10.6 Å². The molecule has 0 aliphatic carbocycles. The summed E-state index contributed by atoms with van der Waals surface area (Å²) in [6, 6.07) is 22.5. The Labute approximate surface area is 242 Å². The molecule has 0 heterocycles. The van der Waals surface area contributed by atoms with Gasteiger partial charge in [-0.3, -0.25) is 9.59 Å². The maximum absolute atomic E-state index is 13.1. The fourth-order valence-electron chi connectivity index (χ4n) is 4.68. The van der Waals surface area contributed by atoms with Crippen molar-refractivity contribution in [3.05, 3.63) is 119 Å². The number of aliphatic hydroxyl groups is 2. The van der Waals surface area contributed by atoms with Gasteiger partial charge in [0.15, 0.2) is 0 Å². The van der Waals surface area contributed by atoms with Crippen LogP contribution in [0.2, 0.25) is 0 Å². The van der Waals surface area contributed by atoms with E-state index in [1.54, 1.807) is 48.5 Å². The van der Waals surface area contributed by atoms with Gasteiger partial charge in [0.1, 0.15) is 35.2 Å². The molecule has 0 saturated heterocycles. The predicted molar refractivity (Wildman–Crippen MR) is 154 cm³/mol. The summed E-state index contributed by atoms with van der Waals surface area (Å²) in [7, 11) is 0. The van der Waals surface area contributed by atoms with Crippen molar-refractivity contribution in [2.45, 2.75) is 37.1 Å². The van der Waals surface area contributed by atoms with Gasteiger partial charge in [-0.2, -0.15) is 0 Å². The molecular weight excluding hydrogens is 540 g/mol. The molecule has 4 rings (SSSR count). The molecule has 10 nitrogen and oxygen atoms in total. The van der Waals surface area contributed by atoms with Crippen LogP contribution in [-0.2, 0) is 12.8 Å². The second kappa shape index (κ2) is 13.5. The molecule has 10 heteroatoms. The van der Waals surface area contributed by atoms with E-state index in [-0.39, 0.29) is 47.0 Å². The molecule has 0 bridgehead atoms. The van der Waals surface area contributed by atoms with Gasteiger partial charge in [-0.15, -0.1) is 0 Å². The second-order valence-corrected chi connectivity index (χ2v) is 10.00. The van der Waals surface area contributed by atoms with E-state index in [9.17, 15) is 40.2 Å². The van der Waals surface area contributed by atoms with Gasteiger partial charge in [0.05, 0.1) is 12.1 Å². The predicted octanol–water partition coefficient (Wildman–Crippen LogP) is 2.61. The van der Waals surface area contributed by atoms with Gasteiger partial charge >= 0.3 is 0 Å². The first-order chi connectivity index (χ1) is 20.1. The van der Waals surface area contributed by atoms with Crippen LogP contribution in [-0.4, -0.2) is 66.7 Å². The summed E-state index contributed by atoms with van der Waals surface area (Å²) in [5.74, 6) is -2.75. The number of nitrogens with one attached hydrogen (secondary N) is 2. The van der Waals surface area contributed by atoms with Gasteiger partial charge in [-0.1, -0.05) is 60.7 Å². The minimum atomic E-state index is -1.60. The number of hydrogen-bond donors (Lipinski definition) is 8. The summed E-state index contributed by atoms with van der Waals surface area (Å²) >= 11 is 0. The van der Waals surface area contributed by atoms with Gasteiger partial charge in [-0.25, -0.2) is 0 Å². The van der Waals surface area contributed by atoms with Crippen LogP contribution >= 0.6 is 0 Å². The van der Waals surface area contributed by atoms with Crippen molar-refractivity contribution in [3.8, 4) is 23.0 Å². The smallest absolute Gasteiger partial charge is 0.251 e. The summed E-state index contributed by atoms with van der Waals surface area (Å²) in [5.41, 5.74) is 1.36. The van der Waals surface area contributed by atoms with Crippen LogP contribution in [0.4, 0.5) is 0 Å². The molecule has 2 amide bonds. The lowest BCUT2D eigenvalue weighted by Gasteiger charge is -2.33. The van der Waals surface area contributed by atoms with Gasteiger partial charge < -0.3 is 41.3 Å². The van der Waals surface area contributed by atoms with Crippen LogP contribution in [0.1, 0.15) is 31.8 Å². The summed E-state index contributed by atoms with van der Waals surface area (Å²) < 4.78 is 0. The van der Waals surface area contributed by atoms with Crippen molar-refractivity contribution < 1.29 is 40.2 Å². The zero-order valence-corrected chi connectivity index (χ0v) is 22.5. The second-order valence-electron chi connectivity index (χ2n) is 10.00. The Kier molecular flexibility index (Phi) is 9.64. The van der Waals surface area contributed by atoms with Crippen molar-refractivity contribution >= 4 is 11.8 Å². The zero-order chi connectivity index (χ0) is 30.2. The number of aliphatic hydroxyl groups excluding tert-OH is 2. The third-order valence-electron chi connectivity index (χ3n) is 6.73. The molecule has 0 radical (unpaired) electrons. The number of benzene rings is 4. The van der Waals surface area contributed by atoms with E-state index in [4.69, 9.17) is 0 Å². The average Bonchev–Trinajstić information content (AvgIpc) is 2.95. The maximum Gasteiger partial charge on any atom is 0.251 e.